The molecule has 0 aromatic heterocycles. The summed E-state index contributed by atoms with van der Waals surface area (Å²) in [6, 6.07) is 0. The first-order chi connectivity index (χ1) is 6.27. The van der Waals surface area contributed by atoms with E-state index >= 15 is 0 Å². The standard InChI is InChI=1S/C5H4Br.C5H4I.Fe/c2*6-5-3-1-2-4-5;/h2*1,3H,2H2;. The fraction of sp³-hybridized carbons (Fsp3) is 0.200. The van der Waals surface area contributed by atoms with Crippen molar-refractivity contribution in [3.05, 3.63) is 41.3 Å². The summed E-state index contributed by atoms with van der Waals surface area (Å²) < 4.78 is 5.80. The van der Waals surface area contributed by atoms with Gasteiger partial charge in [-0.2, -0.15) is 0 Å². The van der Waals surface area contributed by atoms with E-state index in [1.165, 1.54) is 12.5 Å². The fourth-order valence-corrected chi connectivity index (χ4v) is 4.02. The van der Waals surface area contributed by atoms with Gasteiger partial charge in [-0.1, -0.05) is 0 Å². The molecule has 0 unspecified atom stereocenters. The van der Waals surface area contributed by atoms with Crippen LogP contribution in [0, 0.1) is 0 Å². The van der Waals surface area contributed by atoms with Crippen molar-refractivity contribution in [1.82, 2.24) is 0 Å². The molecule has 2 aliphatic carbocycles. The van der Waals surface area contributed by atoms with Gasteiger partial charge in [-0.15, -0.1) is 0 Å². The third kappa shape index (κ3) is 2.38. The van der Waals surface area contributed by atoms with Gasteiger partial charge in [0.2, 0.25) is 0 Å². The molecule has 0 aromatic carbocycles. The van der Waals surface area contributed by atoms with Crippen molar-refractivity contribution in [2.24, 2.45) is 0 Å². The number of hydrogen-bond acceptors (Lipinski definition) is 0. The van der Waals surface area contributed by atoms with E-state index in [4.69, 9.17) is 0 Å². The van der Waals surface area contributed by atoms with Crippen LogP contribution in [0.4, 0.5) is 0 Å². The Morgan fingerprint density at radius 3 is 2.38 bits per heavy atom. The quantitative estimate of drug-likeness (QED) is 0.488. The van der Waals surface area contributed by atoms with Crippen LogP contribution in [0.3, 0.4) is 0 Å². The summed E-state index contributed by atoms with van der Waals surface area (Å²) in [6.45, 7) is 0. The zero-order chi connectivity index (χ0) is 9.26. The van der Waals surface area contributed by atoms with Crippen molar-refractivity contribution < 1.29 is 15.0 Å². The van der Waals surface area contributed by atoms with E-state index in [0.29, 0.717) is 0 Å². The van der Waals surface area contributed by atoms with Crippen molar-refractivity contribution in [2.75, 3.05) is 0 Å². The summed E-state index contributed by atoms with van der Waals surface area (Å²) in [7, 11) is 0. The second-order valence-corrected chi connectivity index (χ2v) is 6.40. The van der Waals surface area contributed by atoms with E-state index in [2.05, 4.69) is 62.8 Å². The van der Waals surface area contributed by atoms with E-state index in [1.807, 2.05) is 0 Å². The molecule has 0 nitrogen and oxygen atoms in total. The number of allylic oxidation sites excluding steroid dienone is 8. The van der Waals surface area contributed by atoms with E-state index in [9.17, 15) is 0 Å². The van der Waals surface area contributed by atoms with Gasteiger partial charge in [0, 0.05) is 0 Å². The third-order valence-corrected chi connectivity index (χ3v) is 6.13. The summed E-state index contributed by atoms with van der Waals surface area (Å²) in [5, 5.41) is 0. The summed E-state index contributed by atoms with van der Waals surface area (Å²) in [5.41, 5.74) is 0. The molecule has 3 heteroatoms. The molecular weight excluding hydrogens is 383 g/mol. The maximum atomic E-state index is 3.58. The first-order valence-electron chi connectivity index (χ1n) is 4.00. The molecule has 0 fully saturated rings. The summed E-state index contributed by atoms with van der Waals surface area (Å²) in [6.07, 6.45) is 11.1. The van der Waals surface area contributed by atoms with E-state index in [0.717, 1.165) is 27.8 Å². The van der Waals surface area contributed by atoms with Crippen molar-refractivity contribution in [3.8, 4) is 0 Å². The first kappa shape index (κ1) is 10.2. The molecule has 0 spiro atoms. The molecule has 13 heavy (non-hydrogen) atoms. The van der Waals surface area contributed by atoms with Crippen LogP contribution in [-0.4, -0.2) is 0 Å². The Labute approximate surface area is 107 Å². The Morgan fingerprint density at radius 2 is 1.85 bits per heavy atom. The fourth-order valence-electron chi connectivity index (χ4n) is 1.18. The second kappa shape index (κ2) is 4.47. The molecule has 0 saturated carbocycles. The second-order valence-electron chi connectivity index (χ2n) is 2.78. The maximum absolute atomic E-state index is 3.58. The Kier molecular flexibility index (Phi) is 3.51. The zero-order valence-corrected chi connectivity index (χ0v) is 11.7. The Bertz CT molecular complexity index is 316. The third-order valence-electron chi connectivity index (χ3n) is 1.83. The SMILES string of the molecule is BrC1=[C]([Fe][C]2=C(I)C=CC2)CC=C1. The molecule has 0 amide bonds. The van der Waals surface area contributed by atoms with Gasteiger partial charge >= 0.3 is 108 Å². The Hall–Kier alpha value is 0.689. The van der Waals surface area contributed by atoms with Crippen molar-refractivity contribution in [3.63, 3.8) is 0 Å². The van der Waals surface area contributed by atoms with Gasteiger partial charge in [0.15, 0.2) is 0 Å². The van der Waals surface area contributed by atoms with Crippen LogP contribution >= 0.6 is 38.5 Å². The van der Waals surface area contributed by atoms with Gasteiger partial charge in [0.25, 0.3) is 0 Å². The van der Waals surface area contributed by atoms with Crippen molar-refractivity contribution in [1.29, 1.82) is 0 Å². The molecule has 0 radical (unpaired) electrons. The number of hydrogen-bond donors (Lipinski definition) is 0. The zero-order valence-electron chi connectivity index (χ0n) is 6.83. The van der Waals surface area contributed by atoms with E-state index in [1.54, 1.807) is 4.47 Å². The van der Waals surface area contributed by atoms with Crippen LogP contribution in [0.1, 0.15) is 12.8 Å². The minimum atomic E-state index is 1.12. The van der Waals surface area contributed by atoms with Gasteiger partial charge in [0.05, 0.1) is 0 Å². The van der Waals surface area contributed by atoms with Crippen LogP contribution in [0.25, 0.3) is 0 Å². The van der Waals surface area contributed by atoms with Gasteiger partial charge in [-0.05, 0) is 0 Å². The molecule has 0 atom stereocenters. The molecule has 0 bridgehead atoms. The van der Waals surface area contributed by atoms with Gasteiger partial charge in [-0.3, -0.25) is 0 Å². The van der Waals surface area contributed by atoms with Crippen LogP contribution in [0.2, 0.25) is 0 Å². The predicted octanol–water partition coefficient (Wildman–Crippen LogP) is 4.24. The Balaban J connectivity index is 2.08. The average molecular weight is 391 g/mol. The van der Waals surface area contributed by atoms with Crippen LogP contribution in [0.15, 0.2) is 41.3 Å². The summed E-state index contributed by atoms with van der Waals surface area (Å²) in [4.78, 5) is 0. The topological polar surface area (TPSA) is 0 Å². The molecule has 0 aromatic rings. The average Bonchev–Trinajstić information content (AvgIpc) is 2.65. The van der Waals surface area contributed by atoms with Crippen LogP contribution in [0.5, 0.6) is 0 Å². The molecule has 0 aliphatic heterocycles. The van der Waals surface area contributed by atoms with Gasteiger partial charge in [-0.25, -0.2) is 0 Å². The molecule has 0 heterocycles. The van der Waals surface area contributed by atoms with Gasteiger partial charge < -0.3 is 0 Å². The Morgan fingerprint density at radius 1 is 1.15 bits per heavy atom. The van der Waals surface area contributed by atoms with Gasteiger partial charge in [0.1, 0.15) is 0 Å². The predicted molar refractivity (Wildman–Crippen MR) is 64.5 cm³/mol. The number of rotatable bonds is 2. The molecule has 70 valence electrons. The molecule has 0 N–H and O–H groups in total. The molecular formula is C10H8BrFeI. The summed E-state index contributed by atoms with van der Waals surface area (Å²) in [5.74, 6) is 0. The van der Waals surface area contributed by atoms with Crippen molar-refractivity contribution >= 4 is 38.5 Å². The van der Waals surface area contributed by atoms with E-state index < -0.39 is 0 Å². The number of halogens is 2. The molecule has 2 aliphatic rings. The molecule has 2 rings (SSSR count). The monoisotopic (exact) mass is 390 g/mol. The van der Waals surface area contributed by atoms with E-state index in [-0.39, 0.29) is 0 Å². The molecule has 0 saturated heterocycles. The van der Waals surface area contributed by atoms with Crippen LogP contribution < -0.4 is 0 Å². The van der Waals surface area contributed by atoms with Crippen molar-refractivity contribution in [2.45, 2.75) is 12.8 Å². The normalized spacial score (nSPS) is 21.4. The first-order valence-corrected chi connectivity index (χ1v) is 6.98. The minimum absolute atomic E-state index is 1.12. The van der Waals surface area contributed by atoms with Crippen LogP contribution in [-0.2, 0) is 15.0 Å². The summed E-state index contributed by atoms with van der Waals surface area (Å²) >= 11 is 7.14.